The van der Waals surface area contributed by atoms with Crippen LogP contribution in [-0.2, 0) is 6.42 Å². The highest BCUT2D eigenvalue weighted by molar-refractivity contribution is 5.85. The molecule has 4 heteroatoms. The lowest BCUT2D eigenvalue weighted by atomic mass is 10.1. The molecule has 110 valence electrons. The number of nitrogens with zero attached hydrogens (tertiary/aromatic N) is 2. The Hall–Kier alpha value is -2.75. The largest absolute Gasteiger partial charge is 0.454 e. The molecule has 22 heavy (non-hydrogen) atoms. The van der Waals surface area contributed by atoms with Crippen molar-refractivity contribution in [3.05, 3.63) is 54.2 Å². The maximum absolute atomic E-state index is 6.01. The molecule has 0 saturated heterocycles. The number of benzene rings is 1. The molecule has 0 unspecified atom stereocenters. The van der Waals surface area contributed by atoms with Crippen LogP contribution in [0, 0.1) is 0 Å². The highest BCUT2D eigenvalue weighted by Gasteiger charge is 2.16. The average molecular weight is 291 g/mol. The van der Waals surface area contributed by atoms with Gasteiger partial charge in [0.15, 0.2) is 5.76 Å². The van der Waals surface area contributed by atoms with Gasteiger partial charge < -0.3 is 9.73 Å². The predicted molar refractivity (Wildman–Crippen MR) is 89.3 cm³/mol. The van der Waals surface area contributed by atoms with Gasteiger partial charge in [0.1, 0.15) is 22.7 Å². The van der Waals surface area contributed by atoms with Gasteiger partial charge in [0.2, 0.25) is 0 Å². The summed E-state index contributed by atoms with van der Waals surface area (Å²) in [6, 6.07) is 14.4. The van der Waals surface area contributed by atoms with Crippen molar-refractivity contribution in [2.24, 2.45) is 0 Å². The van der Waals surface area contributed by atoms with Gasteiger partial charge in [0.05, 0.1) is 0 Å². The number of aryl methyl sites for hydroxylation is 1. The molecule has 1 N–H and O–H groups in total. The zero-order chi connectivity index (χ0) is 15.1. The van der Waals surface area contributed by atoms with Crippen molar-refractivity contribution in [2.75, 3.05) is 12.4 Å². The van der Waals surface area contributed by atoms with Crippen molar-refractivity contribution in [1.82, 2.24) is 9.38 Å². The molecule has 3 heterocycles. The number of pyridine rings is 1. The lowest BCUT2D eigenvalue weighted by molar-refractivity contribution is 0.629. The summed E-state index contributed by atoms with van der Waals surface area (Å²) < 4.78 is 8.04. The Morgan fingerprint density at radius 3 is 2.91 bits per heavy atom. The van der Waals surface area contributed by atoms with Crippen molar-refractivity contribution in [3.63, 3.8) is 0 Å². The second-order valence-corrected chi connectivity index (χ2v) is 5.32. The van der Waals surface area contributed by atoms with Crippen LogP contribution in [0.2, 0.25) is 0 Å². The van der Waals surface area contributed by atoms with E-state index < -0.39 is 0 Å². The van der Waals surface area contributed by atoms with Gasteiger partial charge in [-0.15, -0.1) is 0 Å². The molecule has 0 spiro atoms. The Balaban J connectivity index is 1.94. The standard InChI is InChI=1S/C18H17N3O/c1-3-12-7-8-14-13(10-12)11-15(22-14)17-18(19-2)21-9-5-4-6-16(21)20-17/h4-11,19H,3H2,1-2H3. The lowest BCUT2D eigenvalue weighted by Crippen LogP contribution is -1.94. The van der Waals surface area contributed by atoms with Gasteiger partial charge in [-0.1, -0.05) is 19.1 Å². The number of hydrogen-bond donors (Lipinski definition) is 1. The van der Waals surface area contributed by atoms with E-state index in [-0.39, 0.29) is 0 Å². The number of fused-ring (bicyclic) bond motifs is 2. The molecule has 0 amide bonds. The lowest BCUT2D eigenvalue weighted by Gasteiger charge is -2.01. The number of furan rings is 1. The molecule has 4 nitrogen and oxygen atoms in total. The van der Waals surface area contributed by atoms with E-state index in [4.69, 9.17) is 9.40 Å². The van der Waals surface area contributed by atoms with Crippen LogP contribution in [0.3, 0.4) is 0 Å². The first-order valence-electron chi connectivity index (χ1n) is 7.48. The van der Waals surface area contributed by atoms with E-state index >= 15 is 0 Å². The minimum Gasteiger partial charge on any atom is -0.454 e. The van der Waals surface area contributed by atoms with Crippen molar-refractivity contribution in [2.45, 2.75) is 13.3 Å². The molecule has 0 atom stereocenters. The molecule has 4 aromatic rings. The Morgan fingerprint density at radius 1 is 1.18 bits per heavy atom. The minimum atomic E-state index is 0.788. The number of nitrogens with one attached hydrogen (secondary N) is 1. The molecule has 0 aliphatic rings. The third kappa shape index (κ3) is 1.88. The van der Waals surface area contributed by atoms with Crippen LogP contribution in [0.25, 0.3) is 28.1 Å². The molecule has 0 aliphatic carbocycles. The molecule has 0 aliphatic heterocycles. The van der Waals surface area contributed by atoms with Crippen LogP contribution in [0.5, 0.6) is 0 Å². The number of anilines is 1. The van der Waals surface area contributed by atoms with E-state index in [1.165, 1.54) is 5.56 Å². The van der Waals surface area contributed by atoms with E-state index in [1.54, 1.807) is 0 Å². The molecular weight excluding hydrogens is 274 g/mol. The molecule has 0 saturated carbocycles. The number of hydrogen-bond acceptors (Lipinski definition) is 3. The first kappa shape index (κ1) is 13.0. The Kier molecular flexibility index (Phi) is 2.89. The minimum absolute atomic E-state index is 0.788. The molecule has 3 aromatic heterocycles. The summed E-state index contributed by atoms with van der Waals surface area (Å²) in [6.45, 7) is 2.16. The monoisotopic (exact) mass is 291 g/mol. The zero-order valence-corrected chi connectivity index (χ0v) is 12.6. The third-order valence-corrected chi connectivity index (χ3v) is 3.99. The summed E-state index contributed by atoms with van der Waals surface area (Å²) in [6.07, 6.45) is 3.02. The van der Waals surface area contributed by atoms with E-state index in [9.17, 15) is 0 Å². The Morgan fingerprint density at radius 2 is 2.09 bits per heavy atom. The molecule has 0 fully saturated rings. The fourth-order valence-electron chi connectivity index (χ4n) is 2.84. The fraction of sp³-hybridized carbons (Fsp3) is 0.167. The molecule has 0 radical (unpaired) electrons. The molecule has 1 aromatic carbocycles. The van der Waals surface area contributed by atoms with E-state index in [1.807, 2.05) is 41.9 Å². The second-order valence-electron chi connectivity index (χ2n) is 5.32. The van der Waals surface area contributed by atoms with Gasteiger partial charge >= 0.3 is 0 Å². The number of aromatic nitrogens is 2. The van der Waals surface area contributed by atoms with Gasteiger partial charge in [-0.2, -0.15) is 0 Å². The highest BCUT2D eigenvalue weighted by Crippen LogP contribution is 2.33. The maximum Gasteiger partial charge on any atom is 0.157 e. The Labute approximate surface area is 128 Å². The van der Waals surface area contributed by atoms with Crippen LogP contribution >= 0.6 is 0 Å². The Bertz CT molecular complexity index is 965. The van der Waals surface area contributed by atoms with Gasteiger partial charge in [-0.25, -0.2) is 4.98 Å². The third-order valence-electron chi connectivity index (χ3n) is 3.99. The molecular formula is C18H17N3O. The maximum atomic E-state index is 6.01. The van der Waals surface area contributed by atoms with Crippen LogP contribution in [-0.4, -0.2) is 16.4 Å². The van der Waals surface area contributed by atoms with Gasteiger partial charge in [-0.05, 0) is 42.3 Å². The van der Waals surface area contributed by atoms with Crippen molar-refractivity contribution >= 4 is 22.4 Å². The molecule has 0 bridgehead atoms. The SMILES string of the molecule is CCc1ccc2oc(-c3nc4ccccn4c3NC)cc2c1. The number of imidazole rings is 1. The van der Waals surface area contributed by atoms with Crippen LogP contribution in [0.4, 0.5) is 5.82 Å². The average Bonchev–Trinajstić information content (AvgIpc) is 3.14. The smallest absolute Gasteiger partial charge is 0.157 e. The van der Waals surface area contributed by atoms with E-state index in [0.717, 1.165) is 40.3 Å². The first-order chi connectivity index (χ1) is 10.8. The summed E-state index contributed by atoms with van der Waals surface area (Å²) >= 11 is 0. The van der Waals surface area contributed by atoms with E-state index in [2.05, 4.69) is 30.4 Å². The quantitative estimate of drug-likeness (QED) is 0.610. The normalized spacial score (nSPS) is 11.4. The fourth-order valence-corrected chi connectivity index (χ4v) is 2.84. The summed E-state index contributed by atoms with van der Waals surface area (Å²) in [7, 11) is 1.90. The first-order valence-corrected chi connectivity index (χ1v) is 7.48. The van der Waals surface area contributed by atoms with Crippen molar-refractivity contribution in [3.8, 4) is 11.5 Å². The van der Waals surface area contributed by atoms with Gasteiger partial charge in [0.25, 0.3) is 0 Å². The molecule has 4 rings (SSSR count). The second kappa shape index (κ2) is 4.91. The summed E-state index contributed by atoms with van der Waals surface area (Å²) in [5, 5.41) is 4.34. The number of rotatable bonds is 3. The van der Waals surface area contributed by atoms with Crippen LogP contribution in [0.15, 0.2) is 53.1 Å². The van der Waals surface area contributed by atoms with Crippen LogP contribution in [0.1, 0.15) is 12.5 Å². The van der Waals surface area contributed by atoms with Gasteiger partial charge in [-0.3, -0.25) is 4.40 Å². The van der Waals surface area contributed by atoms with Crippen molar-refractivity contribution in [1.29, 1.82) is 0 Å². The highest BCUT2D eigenvalue weighted by atomic mass is 16.3. The van der Waals surface area contributed by atoms with Gasteiger partial charge in [0, 0.05) is 18.6 Å². The van der Waals surface area contributed by atoms with Crippen LogP contribution < -0.4 is 5.32 Å². The summed E-state index contributed by atoms with van der Waals surface area (Å²) in [5.74, 6) is 1.72. The summed E-state index contributed by atoms with van der Waals surface area (Å²) in [5.41, 5.74) is 3.94. The predicted octanol–water partition coefficient (Wildman–Crippen LogP) is 4.35. The summed E-state index contributed by atoms with van der Waals surface area (Å²) in [4.78, 5) is 4.70. The van der Waals surface area contributed by atoms with Crippen molar-refractivity contribution < 1.29 is 4.42 Å². The zero-order valence-electron chi connectivity index (χ0n) is 12.6. The van der Waals surface area contributed by atoms with E-state index in [0.29, 0.717) is 0 Å². The topological polar surface area (TPSA) is 42.5 Å².